The monoisotopic (exact) mass is 530 g/mol. The zero-order valence-electron chi connectivity index (χ0n) is 23.9. The summed E-state index contributed by atoms with van der Waals surface area (Å²) in [6.45, 7) is 14.5. The summed E-state index contributed by atoms with van der Waals surface area (Å²) >= 11 is 0. The molecular weight excluding hydrogens is 484 g/mol. The zero-order chi connectivity index (χ0) is 28.2. The van der Waals surface area contributed by atoms with Crippen molar-refractivity contribution in [3.8, 4) is 0 Å². The molecule has 212 valence electrons. The van der Waals surface area contributed by atoms with Gasteiger partial charge in [-0.15, -0.1) is 0 Å². The number of carboxylic acids is 2. The molecule has 5 saturated carbocycles. The predicted molar refractivity (Wildman–Crippen MR) is 141 cm³/mol. The first-order chi connectivity index (χ1) is 17.6. The Morgan fingerprint density at radius 3 is 2.08 bits per heavy atom. The molecule has 5 rings (SSSR count). The van der Waals surface area contributed by atoms with Gasteiger partial charge in [-0.3, -0.25) is 14.4 Å². The van der Waals surface area contributed by atoms with Gasteiger partial charge in [0.1, 0.15) is 0 Å². The molecule has 0 unspecified atom stereocenters. The average molecular weight is 531 g/mol. The molecule has 5 aliphatic carbocycles. The Morgan fingerprint density at radius 2 is 1.53 bits per heavy atom. The molecule has 0 saturated heterocycles. The van der Waals surface area contributed by atoms with Gasteiger partial charge in [0.25, 0.3) is 0 Å². The fourth-order valence-electron chi connectivity index (χ4n) is 12.0. The Kier molecular flexibility index (Phi) is 6.05. The van der Waals surface area contributed by atoms with Crippen LogP contribution in [0.2, 0.25) is 0 Å². The van der Waals surface area contributed by atoms with Gasteiger partial charge >= 0.3 is 17.9 Å². The predicted octanol–water partition coefficient (Wildman–Crippen LogP) is 5.16. The Balaban J connectivity index is 1.69. The summed E-state index contributed by atoms with van der Waals surface area (Å²) in [6.07, 6.45) is 3.87. The number of ether oxygens (including phenoxy) is 1. The van der Waals surface area contributed by atoms with Crippen LogP contribution in [0.4, 0.5) is 0 Å². The Morgan fingerprint density at radius 1 is 0.868 bits per heavy atom. The second kappa shape index (κ2) is 8.31. The number of methoxy groups -OCH3 is 1. The number of esters is 1. The molecule has 0 radical (unpaired) electrons. The van der Waals surface area contributed by atoms with Crippen LogP contribution in [-0.2, 0) is 19.1 Å². The highest BCUT2D eigenvalue weighted by atomic mass is 16.5. The van der Waals surface area contributed by atoms with Crippen LogP contribution in [0.3, 0.4) is 0 Å². The van der Waals surface area contributed by atoms with Crippen molar-refractivity contribution >= 4 is 17.9 Å². The molecule has 0 aliphatic heterocycles. The highest BCUT2D eigenvalue weighted by Crippen LogP contribution is 2.79. The average Bonchev–Trinajstić information content (AvgIpc) is 3.31. The lowest BCUT2D eigenvalue weighted by Crippen LogP contribution is -2.68. The van der Waals surface area contributed by atoms with Crippen LogP contribution in [0.1, 0.15) is 86.0 Å². The molecule has 38 heavy (non-hydrogen) atoms. The van der Waals surface area contributed by atoms with Crippen molar-refractivity contribution in [3.63, 3.8) is 0 Å². The summed E-state index contributed by atoms with van der Waals surface area (Å²) in [6, 6.07) is 0. The standard InChI is InChI=1S/C31H46O7/c1-16(2)17-10-13-30(25(34)35)14-15-31(26(36)37)18(21(17)30)8-9-20-28(31,5)12-11-19-27(3,4)23(32)22(24(33)38-7)29(19,20)6/h17-23,32H,1,8-15H2,2-7H3,(H,34,35)(H,36,37)/t17-,18+,19-,20-,21+,22+,23-,28+,29-,30-,31+/m0/s1. The van der Waals surface area contributed by atoms with E-state index in [0.717, 1.165) is 18.4 Å². The van der Waals surface area contributed by atoms with Crippen molar-refractivity contribution in [2.45, 2.75) is 92.1 Å². The van der Waals surface area contributed by atoms with Crippen LogP contribution in [0.15, 0.2) is 12.2 Å². The summed E-state index contributed by atoms with van der Waals surface area (Å²) in [5, 5.41) is 33.2. The fraction of sp³-hybridized carbons (Fsp3) is 0.839. The van der Waals surface area contributed by atoms with Gasteiger partial charge in [0.15, 0.2) is 0 Å². The van der Waals surface area contributed by atoms with E-state index in [4.69, 9.17) is 4.74 Å². The largest absolute Gasteiger partial charge is 0.481 e. The maximum Gasteiger partial charge on any atom is 0.311 e. The second-order valence-electron chi connectivity index (χ2n) is 14.6. The van der Waals surface area contributed by atoms with Crippen LogP contribution in [0.25, 0.3) is 0 Å². The van der Waals surface area contributed by atoms with Gasteiger partial charge in [0.05, 0.1) is 30.0 Å². The van der Waals surface area contributed by atoms with Gasteiger partial charge in [0, 0.05) is 0 Å². The molecule has 0 heterocycles. The van der Waals surface area contributed by atoms with Crippen molar-refractivity contribution in [2.24, 2.45) is 62.6 Å². The molecule has 0 aromatic carbocycles. The minimum atomic E-state index is -1.09. The summed E-state index contributed by atoms with van der Waals surface area (Å²) in [5.41, 5.74) is -2.83. The molecule has 0 aromatic heterocycles. The van der Waals surface area contributed by atoms with Crippen molar-refractivity contribution in [1.82, 2.24) is 0 Å². The summed E-state index contributed by atoms with van der Waals surface area (Å²) in [4.78, 5) is 39.8. The van der Waals surface area contributed by atoms with E-state index >= 15 is 0 Å². The van der Waals surface area contributed by atoms with Crippen LogP contribution in [-0.4, -0.2) is 46.4 Å². The van der Waals surface area contributed by atoms with E-state index in [0.29, 0.717) is 38.5 Å². The number of hydrogen-bond donors (Lipinski definition) is 3. The maximum atomic E-state index is 13.7. The number of hydrogen-bond acceptors (Lipinski definition) is 5. The number of aliphatic hydroxyl groups is 1. The number of carbonyl (C=O) groups is 3. The summed E-state index contributed by atoms with van der Waals surface area (Å²) < 4.78 is 5.25. The number of carboxylic acid groups (broad SMARTS) is 2. The lowest BCUT2D eigenvalue weighted by Gasteiger charge is -2.69. The number of carbonyl (C=O) groups excluding carboxylic acids is 1. The van der Waals surface area contributed by atoms with Crippen molar-refractivity contribution in [2.75, 3.05) is 7.11 Å². The minimum absolute atomic E-state index is 0.00254. The number of rotatable bonds is 4. The number of fused-ring (bicyclic) bond motifs is 7. The van der Waals surface area contributed by atoms with Crippen molar-refractivity contribution in [3.05, 3.63) is 12.2 Å². The lowest BCUT2D eigenvalue weighted by atomic mass is 9.33. The first kappa shape index (κ1) is 27.7. The highest BCUT2D eigenvalue weighted by Gasteiger charge is 2.78. The molecule has 5 fully saturated rings. The van der Waals surface area contributed by atoms with Crippen molar-refractivity contribution < 1.29 is 34.4 Å². The normalized spacial score (nSPS) is 50.7. The Labute approximate surface area is 226 Å². The SMILES string of the molecule is C=C(C)[C@@H]1CC[C@]2(C(=O)O)CC[C@]3(C(=O)O)[C@H](CC[C@@H]4[C@@]5(C)[C@@H](C(=O)OC)[C@H](O)C(C)(C)[C@@H]5CC[C@]43C)[C@@H]12. The summed E-state index contributed by atoms with van der Waals surface area (Å²) in [7, 11) is 1.36. The van der Waals surface area contributed by atoms with Crippen LogP contribution < -0.4 is 0 Å². The third-order valence-corrected chi connectivity index (χ3v) is 13.6. The van der Waals surface area contributed by atoms with Gasteiger partial charge in [-0.2, -0.15) is 0 Å². The molecule has 11 atom stereocenters. The fourth-order valence-corrected chi connectivity index (χ4v) is 12.0. The van der Waals surface area contributed by atoms with Crippen LogP contribution in [0.5, 0.6) is 0 Å². The highest BCUT2D eigenvalue weighted by molar-refractivity contribution is 5.81. The molecule has 0 aromatic rings. The molecule has 7 nitrogen and oxygen atoms in total. The van der Waals surface area contributed by atoms with Crippen molar-refractivity contribution in [1.29, 1.82) is 0 Å². The molecule has 3 N–H and O–H groups in total. The molecular formula is C31H46O7. The molecule has 5 aliphatic rings. The van der Waals surface area contributed by atoms with Gasteiger partial charge in [-0.05, 0) is 104 Å². The van der Waals surface area contributed by atoms with E-state index in [1.54, 1.807) is 0 Å². The zero-order valence-corrected chi connectivity index (χ0v) is 23.9. The van der Waals surface area contributed by atoms with E-state index in [1.807, 2.05) is 20.8 Å². The van der Waals surface area contributed by atoms with Crippen LogP contribution in [0, 0.1) is 62.6 Å². The van der Waals surface area contributed by atoms with Gasteiger partial charge in [-0.1, -0.05) is 39.8 Å². The van der Waals surface area contributed by atoms with E-state index in [2.05, 4.69) is 20.4 Å². The van der Waals surface area contributed by atoms with E-state index in [9.17, 15) is 29.7 Å². The first-order valence-electron chi connectivity index (χ1n) is 14.5. The second-order valence-corrected chi connectivity index (χ2v) is 14.6. The molecule has 0 bridgehead atoms. The van der Waals surface area contributed by atoms with Crippen LogP contribution >= 0.6 is 0 Å². The number of aliphatic carboxylic acids is 2. The quantitative estimate of drug-likeness (QED) is 0.339. The van der Waals surface area contributed by atoms with Gasteiger partial charge in [-0.25, -0.2) is 0 Å². The van der Waals surface area contributed by atoms with Gasteiger partial charge in [0.2, 0.25) is 0 Å². The third-order valence-electron chi connectivity index (χ3n) is 13.6. The lowest BCUT2D eigenvalue weighted by molar-refractivity contribution is -0.239. The minimum Gasteiger partial charge on any atom is -0.481 e. The molecule has 7 heteroatoms. The maximum absolute atomic E-state index is 13.7. The number of aliphatic hydroxyl groups excluding tert-OH is 1. The number of allylic oxidation sites excluding steroid dienone is 1. The van der Waals surface area contributed by atoms with E-state index in [-0.39, 0.29) is 29.6 Å². The topological polar surface area (TPSA) is 121 Å². The van der Waals surface area contributed by atoms with E-state index in [1.165, 1.54) is 7.11 Å². The van der Waals surface area contributed by atoms with E-state index < -0.39 is 57.0 Å². The smallest absolute Gasteiger partial charge is 0.311 e. The summed E-state index contributed by atoms with van der Waals surface area (Å²) in [5.74, 6) is -3.35. The molecule has 0 amide bonds. The first-order valence-corrected chi connectivity index (χ1v) is 14.5. The Bertz CT molecular complexity index is 1080. The Hall–Kier alpha value is -1.89. The molecule has 0 spiro atoms. The third kappa shape index (κ3) is 2.92. The van der Waals surface area contributed by atoms with Gasteiger partial charge < -0.3 is 20.1 Å².